The number of aliphatic carboxylic acids is 1. The molecule has 0 aliphatic heterocycles. The number of carboxylic acids is 1. The second-order valence-corrected chi connectivity index (χ2v) is 6.97. The first-order chi connectivity index (χ1) is 14.0. The summed E-state index contributed by atoms with van der Waals surface area (Å²) >= 11 is 0. The van der Waals surface area contributed by atoms with Gasteiger partial charge in [0.1, 0.15) is 6.04 Å². The number of rotatable bonds is 9. The highest BCUT2D eigenvalue weighted by Crippen LogP contribution is 2.13. The summed E-state index contributed by atoms with van der Waals surface area (Å²) in [5.41, 5.74) is 2.30. The lowest BCUT2D eigenvalue weighted by molar-refractivity contribution is -0.141. The van der Waals surface area contributed by atoms with Crippen LogP contribution < -0.4 is 11.0 Å². The Kier molecular flexibility index (Phi) is 6.49. The maximum atomic E-state index is 12.8. The molecule has 2 aromatic carbocycles. The molecule has 0 saturated carbocycles. The van der Waals surface area contributed by atoms with Crippen LogP contribution in [-0.4, -0.2) is 32.2 Å². The molecule has 0 bridgehead atoms. The lowest BCUT2D eigenvalue weighted by Gasteiger charge is -2.15. The lowest BCUT2D eigenvalue weighted by atomic mass is 10.1. The number of para-hydroxylation sites is 2. The van der Waals surface area contributed by atoms with E-state index in [0.29, 0.717) is 6.54 Å². The molecule has 7 heteroatoms. The van der Waals surface area contributed by atoms with Gasteiger partial charge in [0.25, 0.3) is 0 Å². The van der Waals surface area contributed by atoms with Gasteiger partial charge in [0.05, 0.1) is 11.0 Å². The number of nitrogens with one attached hydrogen (secondary N) is 1. The molecule has 0 radical (unpaired) electrons. The molecule has 3 rings (SSSR count). The molecule has 0 aliphatic carbocycles. The van der Waals surface area contributed by atoms with Crippen LogP contribution >= 0.6 is 0 Å². The van der Waals surface area contributed by atoms with E-state index in [0.717, 1.165) is 23.0 Å². The van der Waals surface area contributed by atoms with Crippen molar-refractivity contribution < 1.29 is 14.7 Å². The smallest absolute Gasteiger partial charge is 0.329 e. The van der Waals surface area contributed by atoms with E-state index in [1.807, 2.05) is 61.5 Å². The number of aromatic nitrogens is 2. The Bertz CT molecular complexity index is 1050. The van der Waals surface area contributed by atoms with Crippen LogP contribution in [0.5, 0.6) is 0 Å². The van der Waals surface area contributed by atoms with Gasteiger partial charge in [-0.25, -0.2) is 9.59 Å². The van der Waals surface area contributed by atoms with Crippen LogP contribution in [0, 0.1) is 0 Å². The van der Waals surface area contributed by atoms with E-state index < -0.39 is 17.9 Å². The number of hydrogen-bond acceptors (Lipinski definition) is 3. The Morgan fingerprint density at radius 1 is 0.966 bits per heavy atom. The lowest BCUT2D eigenvalue weighted by Crippen LogP contribution is -2.42. The third-order valence-corrected chi connectivity index (χ3v) is 4.85. The number of hydrogen-bond donors (Lipinski definition) is 2. The first kappa shape index (κ1) is 20.4. The molecular weight excluding hydrogens is 370 g/mol. The zero-order valence-electron chi connectivity index (χ0n) is 16.4. The van der Waals surface area contributed by atoms with Gasteiger partial charge in [0.15, 0.2) is 0 Å². The van der Waals surface area contributed by atoms with Gasteiger partial charge in [-0.3, -0.25) is 13.9 Å². The van der Waals surface area contributed by atoms with E-state index >= 15 is 0 Å². The van der Waals surface area contributed by atoms with Crippen LogP contribution in [0.4, 0.5) is 0 Å². The highest BCUT2D eigenvalue weighted by Gasteiger charge is 2.21. The minimum Gasteiger partial charge on any atom is -0.480 e. The fraction of sp³-hybridized carbons (Fsp3) is 0.318. The number of carbonyl (C=O) groups excluding carboxylic acids is 1. The van der Waals surface area contributed by atoms with Gasteiger partial charge in [0, 0.05) is 25.9 Å². The normalized spacial score (nSPS) is 12.0. The molecule has 0 aliphatic rings. The van der Waals surface area contributed by atoms with E-state index in [4.69, 9.17) is 0 Å². The number of carbonyl (C=O) groups is 2. The average Bonchev–Trinajstić information content (AvgIpc) is 2.98. The number of nitrogens with zero attached hydrogens (tertiary/aromatic N) is 2. The number of fused-ring (bicyclic) bond motifs is 1. The third-order valence-electron chi connectivity index (χ3n) is 4.85. The minimum atomic E-state index is -1.08. The summed E-state index contributed by atoms with van der Waals surface area (Å²) in [6.45, 7) is 2.81. The highest BCUT2D eigenvalue weighted by molar-refractivity contribution is 5.84. The summed E-state index contributed by atoms with van der Waals surface area (Å²) in [4.78, 5) is 36.7. The van der Waals surface area contributed by atoms with E-state index in [1.54, 1.807) is 9.13 Å². The fourth-order valence-electron chi connectivity index (χ4n) is 3.46. The van der Waals surface area contributed by atoms with Gasteiger partial charge in [-0.05, 0) is 24.1 Å². The van der Waals surface area contributed by atoms with Crippen molar-refractivity contribution in [1.29, 1.82) is 0 Å². The van der Waals surface area contributed by atoms with Crippen molar-refractivity contribution in [1.82, 2.24) is 14.5 Å². The van der Waals surface area contributed by atoms with Crippen LogP contribution in [0.15, 0.2) is 59.4 Å². The maximum Gasteiger partial charge on any atom is 0.329 e. The molecule has 0 saturated heterocycles. The SMILES string of the molecule is CCCn1c(=O)n(CCC(=O)N[C@H](Cc2ccccc2)C(=O)O)c2ccccc21. The van der Waals surface area contributed by atoms with Crippen LogP contribution in [-0.2, 0) is 29.1 Å². The first-order valence-electron chi connectivity index (χ1n) is 9.75. The van der Waals surface area contributed by atoms with Crippen LogP contribution in [0.25, 0.3) is 11.0 Å². The van der Waals surface area contributed by atoms with Crippen LogP contribution in [0.1, 0.15) is 25.3 Å². The largest absolute Gasteiger partial charge is 0.480 e. The summed E-state index contributed by atoms with van der Waals surface area (Å²) in [7, 11) is 0. The van der Waals surface area contributed by atoms with Crippen molar-refractivity contribution in [2.45, 2.75) is 45.3 Å². The van der Waals surface area contributed by atoms with Crippen molar-refractivity contribution in [2.75, 3.05) is 0 Å². The molecule has 7 nitrogen and oxygen atoms in total. The van der Waals surface area contributed by atoms with Crippen molar-refractivity contribution in [3.8, 4) is 0 Å². The van der Waals surface area contributed by atoms with Crippen molar-refractivity contribution in [3.63, 3.8) is 0 Å². The third kappa shape index (κ3) is 4.74. The van der Waals surface area contributed by atoms with Gasteiger partial charge in [-0.1, -0.05) is 49.4 Å². The predicted octanol–water partition coefficient (Wildman–Crippen LogP) is 2.42. The number of aryl methyl sites for hydroxylation is 2. The van der Waals surface area contributed by atoms with E-state index in [-0.39, 0.29) is 25.1 Å². The quantitative estimate of drug-likeness (QED) is 0.582. The second-order valence-electron chi connectivity index (χ2n) is 6.97. The summed E-state index contributed by atoms with van der Waals surface area (Å²) in [6, 6.07) is 15.6. The van der Waals surface area contributed by atoms with Crippen LogP contribution in [0.3, 0.4) is 0 Å². The molecule has 0 fully saturated rings. The van der Waals surface area contributed by atoms with Gasteiger partial charge in [-0.2, -0.15) is 0 Å². The van der Waals surface area contributed by atoms with Gasteiger partial charge < -0.3 is 10.4 Å². The maximum absolute atomic E-state index is 12.8. The number of carboxylic acid groups (broad SMARTS) is 1. The average molecular weight is 395 g/mol. The first-order valence-corrected chi connectivity index (χ1v) is 9.75. The van der Waals surface area contributed by atoms with Gasteiger partial charge >= 0.3 is 11.7 Å². The molecular formula is C22H25N3O4. The Labute approximate surface area is 168 Å². The molecule has 152 valence electrons. The van der Waals surface area contributed by atoms with Gasteiger partial charge in [-0.15, -0.1) is 0 Å². The predicted molar refractivity (Wildman–Crippen MR) is 111 cm³/mol. The molecule has 1 heterocycles. The minimum absolute atomic E-state index is 0.0264. The molecule has 0 unspecified atom stereocenters. The monoisotopic (exact) mass is 395 g/mol. The second kappa shape index (κ2) is 9.23. The van der Waals surface area contributed by atoms with Crippen molar-refractivity contribution >= 4 is 22.9 Å². The van der Waals surface area contributed by atoms with E-state index in [2.05, 4.69) is 5.32 Å². The number of benzene rings is 2. The molecule has 2 N–H and O–H groups in total. The molecule has 0 spiro atoms. The zero-order valence-corrected chi connectivity index (χ0v) is 16.4. The standard InChI is InChI=1S/C22H25N3O4/c1-2-13-24-18-10-6-7-11-19(18)25(22(24)29)14-12-20(26)23-17(21(27)28)15-16-8-4-3-5-9-16/h3-11,17H,2,12-15H2,1H3,(H,23,26)(H,27,28)/t17-/m1/s1. The molecule has 1 atom stereocenters. The Balaban J connectivity index is 1.71. The van der Waals surface area contributed by atoms with Crippen LogP contribution in [0.2, 0.25) is 0 Å². The Hall–Kier alpha value is -3.35. The molecule has 1 aromatic heterocycles. The van der Waals surface area contributed by atoms with Crippen molar-refractivity contribution in [2.24, 2.45) is 0 Å². The Morgan fingerprint density at radius 2 is 1.55 bits per heavy atom. The summed E-state index contributed by atoms with van der Waals surface area (Å²) in [5, 5.41) is 12.0. The summed E-state index contributed by atoms with van der Waals surface area (Å²) in [5.74, 6) is -1.48. The van der Waals surface area contributed by atoms with E-state index in [9.17, 15) is 19.5 Å². The Morgan fingerprint density at radius 3 is 2.14 bits per heavy atom. The molecule has 29 heavy (non-hydrogen) atoms. The topological polar surface area (TPSA) is 93.3 Å². The summed E-state index contributed by atoms with van der Waals surface area (Å²) < 4.78 is 3.29. The van der Waals surface area contributed by atoms with Gasteiger partial charge in [0.2, 0.25) is 5.91 Å². The molecule has 3 aromatic rings. The highest BCUT2D eigenvalue weighted by atomic mass is 16.4. The number of imidazole rings is 1. The van der Waals surface area contributed by atoms with E-state index in [1.165, 1.54) is 0 Å². The summed E-state index contributed by atoms with van der Waals surface area (Å²) in [6.07, 6.45) is 1.06. The zero-order chi connectivity index (χ0) is 20.8. The fourth-order valence-corrected chi connectivity index (χ4v) is 3.46. The number of amides is 1. The van der Waals surface area contributed by atoms with Crippen molar-refractivity contribution in [3.05, 3.63) is 70.6 Å². The molecule has 1 amide bonds.